The van der Waals surface area contributed by atoms with Crippen molar-refractivity contribution in [3.8, 4) is 0 Å². The summed E-state index contributed by atoms with van der Waals surface area (Å²) in [6.45, 7) is 5.17. The first kappa shape index (κ1) is 23.7. The minimum Gasteiger partial charge on any atom is -0.327 e. The van der Waals surface area contributed by atoms with Crippen LogP contribution in [0, 0.1) is 5.92 Å². The largest absolute Gasteiger partial charge is 0.393 e. The van der Waals surface area contributed by atoms with Crippen LogP contribution in [0.25, 0.3) is 0 Å². The van der Waals surface area contributed by atoms with Gasteiger partial charge in [0.25, 0.3) is 0 Å². The molecule has 156 valence electrons. The van der Waals surface area contributed by atoms with Crippen molar-refractivity contribution in [2.75, 3.05) is 13.1 Å². The molecule has 0 aromatic carbocycles. The second-order valence-electron chi connectivity index (χ2n) is 8.25. The molecule has 26 heavy (non-hydrogen) atoms. The van der Waals surface area contributed by atoms with Gasteiger partial charge in [0.05, 0.1) is 5.92 Å². The molecule has 2 N–H and O–H groups in total. The number of piperidine rings is 1. The van der Waals surface area contributed by atoms with Crippen molar-refractivity contribution in [2.45, 2.75) is 116 Å². The van der Waals surface area contributed by atoms with Crippen molar-refractivity contribution in [3.63, 3.8) is 0 Å². The SMILES string of the molecule is CCCCCCCC(CCCCCCC)N1C[C@H](N)C[C@H](C(F)(F)F)C1. The van der Waals surface area contributed by atoms with Crippen LogP contribution in [-0.2, 0) is 0 Å². The molecule has 0 aliphatic carbocycles. The second-order valence-corrected chi connectivity index (χ2v) is 8.25. The van der Waals surface area contributed by atoms with Gasteiger partial charge in [0.2, 0.25) is 0 Å². The molecule has 0 aromatic heterocycles. The highest BCUT2D eigenvalue weighted by Gasteiger charge is 2.44. The Kier molecular flexibility index (Phi) is 11.9. The Balaban J connectivity index is 2.56. The Morgan fingerprint density at radius 3 is 1.81 bits per heavy atom. The molecule has 0 aromatic rings. The molecule has 0 spiro atoms. The number of alkyl halides is 3. The van der Waals surface area contributed by atoms with E-state index < -0.39 is 12.1 Å². The summed E-state index contributed by atoms with van der Waals surface area (Å²) < 4.78 is 39.8. The Labute approximate surface area is 159 Å². The fourth-order valence-electron chi connectivity index (χ4n) is 4.19. The number of hydrogen-bond acceptors (Lipinski definition) is 2. The number of nitrogens with zero attached hydrogens (tertiary/aromatic N) is 1. The monoisotopic (exact) mass is 378 g/mol. The van der Waals surface area contributed by atoms with Crippen molar-refractivity contribution in [3.05, 3.63) is 0 Å². The van der Waals surface area contributed by atoms with Crippen LogP contribution in [0.15, 0.2) is 0 Å². The highest BCUT2D eigenvalue weighted by Crippen LogP contribution is 2.34. The summed E-state index contributed by atoms with van der Waals surface area (Å²) in [7, 11) is 0. The van der Waals surface area contributed by atoms with Gasteiger partial charge in [0.15, 0.2) is 0 Å². The van der Waals surface area contributed by atoms with Gasteiger partial charge >= 0.3 is 6.18 Å². The summed E-state index contributed by atoms with van der Waals surface area (Å²) in [5, 5.41) is 0. The zero-order valence-corrected chi connectivity index (χ0v) is 17.0. The summed E-state index contributed by atoms with van der Waals surface area (Å²) in [6.07, 6.45) is 10.1. The predicted molar refractivity (Wildman–Crippen MR) is 104 cm³/mol. The van der Waals surface area contributed by atoms with Gasteiger partial charge in [0, 0.05) is 25.2 Å². The summed E-state index contributed by atoms with van der Waals surface area (Å²) in [6, 6.07) is -0.0764. The van der Waals surface area contributed by atoms with Crippen LogP contribution in [0.3, 0.4) is 0 Å². The third kappa shape index (κ3) is 9.59. The van der Waals surface area contributed by atoms with Gasteiger partial charge in [0.1, 0.15) is 0 Å². The van der Waals surface area contributed by atoms with E-state index in [1.807, 2.05) is 0 Å². The normalized spacial score (nSPS) is 22.3. The molecule has 1 fully saturated rings. The molecule has 0 radical (unpaired) electrons. The van der Waals surface area contributed by atoms with Crippen molar-refractivity contribution in [1.29, 1.82) is 0 Å². The van der Waals surface area contributed by atoms with E-state index in [-0.39, 0.29) is 25.0 Å². The van der Waals surface area contributed by atoms with Crippen LogP contribution in [0.5, 0.6) is 0 Å². The maximum absolute atomic E-state index is 13.3. The van der Waals surface area contributed by atoms with E-state index in [2.05, 4.69) is 18.7 Å². The molecule has 2 atom stereocenters. The van der Waals surface area contributed by atoms with Crippen LogP contribution in [0.4, 0.5) is 13.2 Å². The van der Waals surface area contributed by atoms with E-state index in [1.54, 1.807) is 0 Å². The average molecular weight is 379 g/mol. The molecule has 0 unspecified atom stereocenters. The molecule has 5 heteroatoms. The first-order valence-corrected chi connectivity index (χ1v) is 10.9. The molecule has 1 aliphatic rings. The highest BCUT2D eigenvalue weighted by molar-refractivity contribution is 4.88. The van der Waals surface area contributed by atoms with Crippen molar-refractivity contribution >= 4 is 0 Å². The number of halogens is 3. The minimum absolute atomic E-state index is 0.0831. The van der Waals surface area contributed by atoms with E-state index in [1.165, 1.54) is 51.4 Å². The lowest BCUT2D eigenvalue weighted by Crippen LogP contribution is -2.54. The van der Waals surface area contributed by atoms with Crippen molar-refractivity contribution in [1.82, 2.24) is 4.90 Å². The van der Waals surface area contributed by atoms with Gasteiger partial charge in [-0.05, 0) is 19.3 Å². The third-order valence-electron chi connectivity index (χ3n) is 5.77. The number of hydrogen-bond donors (Lipinski definition) is 1. The van der Waals surface area contributed by atoms with Crippen LogP contribution >= 0.6 is 0 Å². The maximum atomic E-state index is 13.3. The van der Waals surface area contributed by atoms with Crippen molar-refractivity contribution in [2.24, 2.45) is 11.7 Å². The second kappa shape index (κ2) is 13.0. The summed E-state index contributed by atoms with van der Waals surface area (Å²) in [5.41, 5.74) is 6.00. The third-order valence-corrected chi connectivity index (χ3v) is 5.77. The highest BCUT2D eigenvalue weighted by atomic mass is 19.4. The lowest BCUT2D eigenvalue weighted by Gasteiger charge is -2.41. The summed E-state index contributed by atoms with van der Waals surface area (Å²) >= 11 is 0. The Morgan fingerprint density at radius 2 is 1.35 bits per heavy atom. The van der Waals surface area contributed by atoms with Crippen LogP contribution in [0.2, 0.25) is 0 Å². The first-order chi connectivity index (χ1) is 12.4. The summed E-state index contributed by atoms with van der Waals surface area (Å²) in [4.78, 5) is 2.08. The smallest absolute Gasteiger partial charge is 0.327 e. The fourth-order valence-corrected chi connectivity index (χ4v) is 4.19. The quantitative estimate of drug-likeness (QED) is 0.382. The van der Waals surface area contributed by atoms with E-state index in [9.17, 15) is 13.2 Å². The fraction of sp³-hybridized carbons (Fsp3) is 1.00. The van der Waals surface area contributed by atoms with Crippen molar-refractivity contribution < 1.29 is 13.2 Å². The molecular formula is C21H41F3N2. The zero-order chi connectivity index (χ0) is 19.4. The van der Waals surface area contributed by atoms with Crippen LogP contribution in [0.1, 0.15) is 97.3 Å². The van der Waals surface area contributed by atoms with Gasteiger partial charge in [-0.3, -0.25) is 4.90 Å². The molecule has 1 rings (SSSR count). The molecule has 0 bridgehead atoms. The first-order valence-electron chi connectivity index (χ1n) is 10.9. The lowest BCUT2D eigenvalue weighted by atomic mass is 9.90. The minimum atomic E-state index is -4.12. The Hall–Kier alpha value is -0.290. The molecule has 1 aliphatic heterocycles. The van der Waals surface area contributed by atoms with E-state index in [4.69, 9.17) is 5.73 Å². The van der Waals surface area contributed by atoms with Gasteiger partial charge in [-0.1, -0.05) is 78.1 Å². The van der Waals surface area contributed by atoms with Crippen LogP contribution < -0.4 is 5.73 Å². The molecule has 1 heterocycles. The number of unbranched alkanes of at least 4 members (excludes halogenated alkanes) is 8. The molecule has 0 amide bonds. The summed E-state index contributed by atoms with van der Waals surface area (Å²) in [5.74, 6) is -1.26. The zero-order valence-electron chi connectivity index (χ0n) is 17.0. The van der Waals surface area contributed by atoms with E-state index in [0.29, 0.717) is 6.54 Å². The molecule has 2 nitrogen and oxygen atoms in total. The molecule has 0 saturated carbocycles. The average Bonchev–Trinajstić information content (AvgIpc) is 2.58. The van der Waals surface area contributed by atoms with Crippen LogP contribution in [-0.4, -0.2) is 36.2 Å². The predicted octanol–water partition coefficient (Wildman–Crippen LogP) is 6.29. The van der Waals surface area contributed by atoms with E-state index in [0.717, 1.165) is 25.7 Å². The number of likely N-dealkylation sites (tertiary alicyclic amines) is 1. The number of rotatable bonds is 13. The number of nitrogens with two attached hydrogens (primary N) is 1. The van der Waals surface area contributed by atoms with E-state index >= 15 is 0 Å². The Morgan fingerprint density at radius 1 is 0.846 bits per heavy atom. The van der Waals surface area contributed by atoms with Gasteiger partial charge < -0.3 is 5.73 Å². The topological polar surface area (TPSA) is 29.3 Å². The lowest BCUT2D eigenvalue weighted by molar-refractivity contribution is -0.190. The maximum Gasteiger partial charge on any atom is 0.393 e. The standard InChI is InChI=1S/C21H41F3N2/c1-3-5-7-9-11-13-20(14-12-10-8-6-4-2)26-16-18(21(22,23)24)15-19(25)17-26/h18-20H,3-17,25H2,1-2H3/t18-,19+/m0/s1. The van der Waals surface area contributed by atoms with Gasteiger partial charge in [-0.25, -0.2) is 0 Å². The van der Waals surface area contributed by atoms with Gasteiger partial charge in [-0.2, -0.15) is 13.2 Å². The Bertz CT molecular complexity index is 333. The molecular weight excluding hydrogens is 337 g/mol. The van der Waals surface area contributed by atoms with Gasteiger partial charge in [-0.15, -0.1) is 0 Å². The molecule has 1 saturated heterocycles.